The van der Waals surface area contributed by atoms with E-state index in [4.69, 9.17) is 10.5 Å². The molecule has 0 spiro atoms. The number of rotatable bonds is 5. The molecular weight excluding hydrogens is 316 g/mol. The topological polar surface area (TPSA) is 73.4 Å². The van der Waals surface area contributed by atoms with Crippen molar-refractivity contribution in [3.63, 3.8) is 0 Å². The first-order chi connectivity index (χ1) is 11.8. The van der Waals surface area contributed by atoms with Gasteiger partial charge < -0.3 is 15.4 Å². The zero-order chi connectivity index (χ0) is 18.2. The molecule has 1 aliphatic rings. The molecule has 2 aromatic rings. The predicted octanol–water partition coefficient (Wildman–Crippen LogP) is 1.90. The molecule has 134 valence electrons. The molecule has 1 aliphatic heterocycles. The Morgan fingerprint density at radius 2 is 2.16 bits per heavy atom. The molecule has 0 unspecified atom stereocenters. The van der Waals surface area contributed by atoms with Crippen LogP contribution in [-0.4, -0.2) is 41.3 Å². The maximum Gasteiger partial charge on any atom is 0.252 e. The number of primary amides is 1. The number of fused-ring (bicyclic) bond motifs is 1. The molecule has 0 radical (unpaired) electrons. The minimum atomic E-state index is -0.480. The zero-order valence-electron chi connectivity index (χ0n) is 15.4. The van der Waals surface area contributed by atoms with Crippen LogP contribution in [-0.2, 0) is 29.8 Å². The summed E-state index contributed by atoms with van der Waals surface area (Å²) in [5.74, 6) is -0.480. The standard InChI is InChI=1S/C19H26N4O2/c1-19(2)12-22(3)9-14-7-13(5-6-16(14)19)8-23-10-15(18(20)24)17(21-23)11-25-4/h5-7,10H,8-9,11-12H2,1-4H3,(H2,20,24). The summed E-state index contributed by atoms with van der Waals surface area (Å²) in [6.07, 6.45) is 1.70. The molecule has 0 aliphatic carbocycles. The quantitative estimate of drug-likeness (QED) is 0.901. The lowest BCUT2D eigenvalue weighted by atomic mass is 9.78. The van der Waals surface area contributed by atoms with Crippen LogP contribution in [0.1, 0.15) is 46.6 Å². The van der Waals surface area contributed by atoms with Crippen LogP contribution in [0.4, 0.5) is 0 Å². The average molecular weight is 342 g/mol. The van der Waals surface area contributed by atoms with Crippen LogP contribution in [0.5, 0.6) is 0 Å². The van der Waals surface area contributed by atoms with Crippen molar-refractivity contribution >= 4 is 5.91 Å². The SMILES string of the molecule is COCc1nn(Cc2ccc3c(c2)CN(C)CC3(C)C)cc1C(N)=O. The van der Waals surface area contributed by atoms with Crippen LogP contribution in [0.15, 0.2) is 24.4 Å². The van der Waals surface area contributed by atoms with Crippen LogP contribution in [0.2, 0.25) is 0 Å². The lowest BCUT2D eigenvalue weighted by Crippen LogP contribution is -2.39. The number of amides is 1. The van der Waals surface area contributed by atoms with Gasteiger partial charge in [-0.3, -0.25) is 9.48 Å². The van der Waals surface area contributed by atoms with Crippen molar-refractivity contribution in [2.24, 2.45) is 5.73 Å². The lowest BCUT2D eigenvalue weighted by Gasteiger charge is -2.38. The fraction of sp³-hybridized carbons (Fsp3) is 0.474. The summed E-state index contributed by atoms with van der Waals surface area (Å²) >= 11 is 0. The molecule has 0 fully saturated rings. The van der Waals surface area contributed by atoms with Crippen molar-refractivity contribution in [2.45, 2.75) is 39.0 Å². The van der Waals surface area contributed by atoms with E-state index in [1.54, 1.807) is 18.0 Å². The number of carbonyl (C=O) groups excluding carboxylic acids is 1. The maximum atomic E-state index is 11.6. The van der Waals surface area contributed by atoms with E-state index >= 15 is 0 Å². The van der Waals surface area contributed by atoms with Gasteiger partial charge in [-0.15, -0.1) is 0 Å². The number of hydrogen-bond donors (Lipinski definition) is 1. The van der Waals surface area contributed by atoms with Gasteiger partial charge in [-0.1, -0.05) is 32.0 Å². The second-order valence-corrected chi connectivity index (χ2v) is 7.53. The molecule has 1 aromatic carbocycles. The number of benzene rings is 1. The normalized spacial score (nSPS) is 16.6. The average Bonchev–Trinajstić information content (AvgIpc) is 2.89. The first-order valence-corrected chi connectivity index (χ1v) is 8.46. The van der Waals surface area contributed by atoms with E-state index in [0.29, 0.717) is 17.8 Å². The van der Waals surface area contributed by atoms with Crippen molar-refractivity contribution in [1.82, 2.24) is 14.7 Å². The van der Waals surface area contributed by atoms with Crippen molar-refractivity contribution in [3.8, 4) is 0 Å². The van der Waals surface area contributed by atoms with Gasteiger partial charge in [-0.05, 0) is 23.7 Å². The van der Waals surface area contributed by atoms with Gasteiger partial charge in [0.25, 0.3) is 5.91 Å². The molecule has 2 heterocycles. The molecule has 0 atom stereocenters. The van der Waals surface area contributed by atoms with E-state index in [2.05, 4.69) is 49.1 Å². The van der Waals surface area contributed by atoms with E-state index in [9.17, 15) is 4.79 Å². The van der Waals surface area contributed by atoms with Crippen molar-refractivity contribution < 1.29 is 9.53 Å². The Morgan fingerprint density at radius 1 is 1.40 bits per heavy atom. The summed E-state index contributed by atoms with van der Waals surface area (Å²) in [5, 5.41) is 4.45. The van der Waals surface area contributed by atoms with Gasteiger partial charge in [0.2, 0.25) is 0 Å². The Morgan fingerprint density at radius 3 is 2.84 bits per heavy atom. The molecular formula is C19H26N4O2. The molecule has 6 heteroatoms. The Bertz CT molecular complexity index is 795. The second kappa shape index (κ2) is 6.61. The van der Waals surface area contributed by atoms with Gasteiger partial charge in [0.1, 0.15) is 5.69 Å². The van der Waals surface area contributed by atoms with Gasteiger partial charge in [0.05, 0.1) is 18.7 Å². The van der Waals surface area contributed by atoms with Gasteiger partial charge in [-0.25, -0.2) is 0 Å². The Balaban J connectivity index is 1.88. The fourth-order valence-electron chi connectivity index (χ4n) is 3.82. The fourth-order valence-corrected chi connectivity index (χ4v) is 3.82. The minimum absolute atomic E-state index is 0.150. The third-order valence-corrected chi connectivity index (χ3v) is 4.73. The minimum Gasteiger partial charge on any atom is -0.378 e. The van der Waals surface area contributed by atoms with Crippen LogP contribution >= 0.6 is 0 Å². The first-order valence-electron chi connectivity index (χ1n) is 8.46. The molecule has 25 heavy (non-hydrogen) atoms. The van der Waals surface area contributed by atoms with Gasteiger partial charge in [-0.2, -0.15) is 5.10 Å². The second-order valence-electron chi connectivity index (χ2n) is 7.53. The molecule has 3 rings (SSSR count). The predicted molar refractivity (Wildman–Crippen MR) is 96.4 cm³/mol. The van der Waals surface area contributed by atoms with Crippen molar-refractivity contribution in [2.75, 3.05) is 20.7 Å². The summed E-state index contributed by atoms with van der Waals surface area (Å²) in [5.41, 5.74) is 10.5. The lowest BCUT2D eigenvalue weighted by molar-refractivity contribution is 0.0995. The number of nitrogens with two attached hydrogens (primary N) is 1. The number of nitrogens with zero attached hydrogens (tertiary/aromatic N) is 3. The van der Waals surface area contributed by atoms with Crippen molar-refractivity contribution in [3.05, 3.63) is 52.3 Å². The van der Waals surface area contributed by atoms with Crippen LogP contribution in [0.25, 0.3) is 0 Å². The van der Waals surface area contributed by atoms with Crippen LogP contribution < -0.4 is 5.73 Å². The highest BCUT2D eigenvalue weighted by Crippen LogP contribution is 2.33. The molecule has 1 aromatic heterocycles. The Hall–Kier alpha value is -2.18. The van der Waals surface area contributed by atoms with Crippen molar-refractivity contribution in [1.29, 1.82) is 0 Å². The highest BCUT2D eigenvalue weighted by atomic mass is 16.5. The van der Waals surface area contributed by atoms with Gasteiger partial charge in [0.15, 0.2) is 0 Å². The van der Waals surface area contributed by atoms with E-state index in [1.165, 1.54) is 11.1 Å². The highest BCUT2D eigenvalue weighted by Gasteiger charge is 2.30. The van der Waals surface area contributed by atoms with Gasteiger partial charge >= 0.3 is 0 Å². The molecule has 1 amide bonds. The summed E-state index contributed by atoms with van der Waals surface area (Å²) < 4.78 is 6.86. The van der Waals surface area contributed by atoms with E-state index in [-0.39, 0.29) is 12.0 Å². The highest BCUT2D eigenvalue weighted by molar-refractivity contribution is 5.93. The summed E-state index contributed by atoms with van der Waals surface area (Å²) in [7, 11) is 3.73. The summed E-state index contributed by atoms with van der Waals surface area (Å²) in [4.78, 5) is 13.9. The summed E-state index contributed by atoms with van der Waals surface area (Å²) in [6.45, 7) is 7.44. The van der Waals surface area contributed by atoms with E-state index in [1.807, 2.05) is 0 Å². The smallest absolute Gasteiger partial charge is 0.252 e. The molecule has 0 saturated carbocycles. The Kier molecular flexibility index (Phi) is 4.67. The maximum absolute atomic E-state index is 11.6. The molecule has 2 N–H and O–H groups in total. The van der Waals surface area contributed by atoms with E-state index in [0.717, 1.165) is 18.7 Å². The zero-order valence-corrected chi connectivity index (χ0v) is 15.4. The third kappa shape index (κ3) is 3.60. The molecule has 0 bridgehead atoms. The largest absolute Gasteiger partial charge is 0.378 e. The Labute approximate surface area is 148 Å². The monoisotopic (exact) mass is 342 g/mol. The molecule has 6 nitrogen and oxygen atoms in total. The number of aromatic nitrogens is 2. The first kappa shape index (κ1) is 17.6. The number of likely N-dealkylation sites (N-methyl/N-ethyl adjacent to an activating group) is 1. The number of hydrogen-bond acceptors (Lipinski definition) is 4. The van der Waals surface area contributed by atoms with E-state index < -0.39 is 5.91 Å². The van der Waals surface area contributed by atoms with Crippen LogP contribution in [0.3, 0.4) is 0 Å². The van der Waals surface area contributed by atoms with Gasteiger partial charge in [0, 0.05) is 31.8 Å². The molecule has 0 saturated heterocycles. The summed E-state index contributed by atoms with van der Waals surface area (Å²) in [6, 6.07) is 6.62. The third-order valence-electron chi connectivity index (χ3n) is 4.73. The number of carbonyl (C=O) groups is 1. The van der Waals surface area contributed by atoms with Crippen LogP contribution in [0, 0.1) is 0 Å². The number of ether oxygens (including phenoxy) is 1. The number of methoxy groups -OCH3 is 1.